The Morgan fingerprint density at radius 3 is 2.68 bits per heavy atom. The van der Waals surface area contributed by atoms with Gasteiger partial charge in [0.1, 0.15) is 5.69 Å². The van der Waals surface area contributed by atoms with Crippen molar-refractivity contribution in [2.24, 2.45) is 0 Å². The lowest BCUT2D eigenvalue weighted by molar-refractivity contribution is 0.0729. The van der Waals surface area contributed by atoms with E-state index in [9.17, 15) is 4.79 Å². The maximum atomic E-state index is 12.7. The molecule has 118 valence electrons. The molecule has 0 saturated carbocycles. The quantitative estimate of drug-likeness (QED) is 0.699. The highest BCUT2D eigenvalue weighted by atomic mass is 32.1. The smallest absolute Gasteiger partial charge is 0.273 e. The number of aryl methyl sites for hydroxylation is 1. The number of amides is 1. The van der Waals surface area contributed by atoms with Crippen LogP contribution < -0.4 is 0 Å². The molecule has 0 atom stereocenters. The van der Waals surface area contributed by atoms with Crippen LogP contribution in [-0.4, -0.2) is 36.1 Å². The van der Waals surface area contributed by atoms with Crippen LogP contribution in [0.2, 0.25) is 0 Å². The van der Waals surface area contributed by atoms with E-state index in [4.69, 9.17) is 4.74 Å². The molecule has 1 aromatic carbocycles. The first-order valence-corrected chi connectivity index (χ1v) is 8.33. The van der Waals surface area contributed by atoms with Crippen molar-refractivity contribution in [3.8, 4) is 0 Å². The summed E-state index contributed by atoms with van der Waals surface area (Å²) in [6.07, 6.45) is 1.88. The third-order valence-electron chi connectivity index (χ3n) is 3.37. The van der Waals surface area contributed by atoms with E-state index in [1.165, 1.54) is 11.3 Å². The molecule has 0 aliphatic rings. The van der Waals surface area contributed by atoms with Crippen LogP contribution in [0.25, 0.3) is 0 Å². The maximum absolute atomic E-state index is 12.7. The minimum atomic E-state index is 0.00520. The van der Waals surface area contributed by atoms with Gasteiger partial charge in [0, 0.05) is 32.2 Å². The predicted molar refractivity (Wildman–Crippen MR) is 89.1 cm³/mol. The van der Waals surface area contributed by atoms with Crippen LogP contribution in [0.1, 0.15) is 33.9 Å². The normalized spacial score (nSPS) is 10.6. The van der Waals surface area contributed by atoms with Gasteiger partial charge in [-0.2, -0.15) is 0 Å². The summed E-state index contributed by atoms with van der Waals surface area (Å²) >= 11 is 1.51. The molecular weight excluding hydrogens is 296 g/mol. The van der Waals surface area contributed by atoms with E-state index in [0.717, 1.165) is 30.0 Å². The average molecular weight is 318 g/mol. The molecule has 5 heteroatoms. The number of rotatable bonds is 8. The number of aromatic nitrogens is 1. The lowest BCUT2D eigenvalue weighted by Gasteiger charge is -2.22. The van der Waals surface area contributed by atoms with Gasteiger partial charge in [0.2, 0.25) is 0 Å². The van der Waals surface area contributed by atoms with Crippen molar-refractivity contribution >= 4 is 17.2 Å². The number of thiazole rings is 1. The van der Waals surface area contributed by atoms with E-state index in [2.05, 4.69) is 4.98 Å². The number of carbonyl (C=O) groups is 1. The maximum Gasteiger partial charge on any atom is 0.273 e. The van der Waals surface area contributed by atoms with Crippen molar-refractivity contribution in [3.05, 3.63) is 52.0 Å². The highest BCUT2D eigenvalue weighted by Crippen LogP contribution is 2.14. The molecule has 0 spiro atoms. The minimum absolute atomic E-state index is 0.00520. The predicted octanol–water partition coefficient (Wildman–Crippen LogP) is 3.52. The second kappa shape index (κ2) is 8.66. The monoisotopic (exact) mass is 318 g/mol. The summed E-state index contributed by atoms with van der Waals surface area (Å²) in [6, 6.07) is 10.1. The summed E-state index contributed by atoms with van der Waals surface area (Å²) in [5, 5.41) is 2.76. The Balaban J connectivity index is 2.05. The first-order chi connectivity index (χ1) is 10.7. The topological polar surface area (TPSA) is 42.4 Å². The van der Waals surface area contributed by atoms with E-state index in [0.29, 0.717) is 18.8 Å². The Morgan fingerprint density at radius 1 is 1.27 bits per heavy atom. The molecule has 0 radical (unpaired) electrons. The zero-order valence-electron chi connectivity index (χ0n) is 13.1. The number of hydrogen-bond donors (Lipinski definition) is 0. The van der Waals surface area contributed by atoms with Gasteiger partial charge in [0.05, 0.1) is 5.01 Å². The molecule has 0 fully saturated rings. The lowest BCUT2D eigenvalue weighted by atomic mass is 10.2. The van der Waals surface area contributed by atoms with Crippen LogP contribution in [0.15, 0.2) is 35.7 Å². The van der Waals surface area contributed by atoms with Gasteiger partial charge >= 0.3 is 0 Å². The van der Waals surface area contributed by atoms with Gasteiger partial charge in [-0.15, -0.1) is 11.3 Å². The van der Waals surface area contributed by atoms with Crippen LogP contribution in [0.5, 0.6) is 0 Å². The summed E-state index contributed by atoms with van der Waals surface area (Å²) < 4.78 is 5.08. The second-order valence-corrected chi connectivity index (χ2v) is 6.23. The molecule has 1 amide bonds. The molecule has 0 N–H and O–H groups in total. The third-order valence-corrected chi connectivity index (χ3v) is 4.14. The van der Waals surface area contributed by atoms with Crippen LogP contribution in [0, 0.1) is 6.92 Å². The lowest BCUT2D eigenvalue weighted by Crippen LogP contribution is -2.32. The summed E-state index contributed by atoms with van der Waals surface area (Å²) in [5.41, 5.74) is 1.68. The van der Waals surface area contributed by atoms with Gasteiger partial charge in [-0.25, -0.2) is 4.98 Å². The molecule has 4 nitrogen and oxygen atoms in total. The summed E-state index contributed by atoms with van der Waals surface area (Å²) in [7, 11) is 1.70. The van der Waals surface area contributed by atoms with Crippen molar-refractivity contribution in [3.63, 3.8) is 0 Å². The molecule has 22 heavy (non-hydrogen) atoms. The number of ether oxygens (including phenoxy) is 1. The molecule has 2 aromatic rings. The molecule has 1 aromatic heterocycles. The number of carbonyl (C=O) groups excluding carboxylic acids is 1. The number of nitrogens with zero attached hydrogens (tertiary/aromatic N) is 2. The fraction of sp³-hybridized carbons (Fsp3) is 0.412. The van der Waals surface area contributed by atoms with Gasteiger partial charge in [-0.3, -0.25) is 4.79 Å². The van der Waals surface area contributed by atoms with Crippen LogP contribution in [-0.2, 0) is 11.3 Å². The Bertz CT molecular complexity index is 583. The van der Waals surface area contributed by atoms with E-state index in [1.54, 1.807) is 7.11 Å². The van der Waals surface area contributed by atoms with Gasteiger partial charge < -0.3 is 9.64 Å². The van der Waals surface area contributed by atoms with E-state index >= 15 is 0 Å². The Morgan fingerprint density at radius 2 is 2.05 bits per heavy atom. The third kappa shape index (κ3) is 4.93. The standard InChI is InChI=1S/C17H22N2O2S/c1-14-18-16(13-22-14)17(20)19(10-6-7-11-21-2)12-15-8-4-3-5-9-15/h3-5,8-9,13H,6-7,10-12H2,1-2H3. The van der Waals surface area contributed by atoms with E-state index in [1.807, 2.05) is 47.5 Å². The first kappa shape index (κ1) is 16.6. The largest absolute Gasteiger partial charge is 0.385 e. The second-order valence-electron chi connectivity index (χ2n) is 5.16. The van der Waals surface area contributed by atoms with Crippen molar-refractivity contribution in [2.45, 2.75) is 26.3 Å². The number of methoxy groups -OCH3 is 1. The van der Waals surface area contributed by atoms with Crippen molar-refractivity contribution in [2.75, 3.05) is 20.3 Å². The Labute approximate surface area is 135 Å². The van der Waals surface area contributed by atoms with Crippen LogP contribution in [0.3, 0.4) is 0 Å². The average Bonchev–Trinajstić information content (AvgIpc) is 2.97. The molecule has 1 heterocycles. The zero-order valence-corrected chi connectivity index (χ0v) is 13.9. The molecule has 0 unspecified atom stereocenters. The van der Waals surface area contributed by atoms with Gasteiger partial charge in [0.25, 0.3) is 5.91 Å². The summed E-state index contributed by atoms with van der Waals surface area (Å²) in [5.74, 6) is 0.00520. The molecule has 2 rings (SSSR count). The van der Waals surface area contributed by atoms with Crippen molar-refractivity contribution in [1.29, 1.82) is 0 Å². The highest BCUT2D eigenvalue weighted by molar-refractivity contribution is 7.09. The molecule has 0 bridgehead atoms. The fourth-order valence-electron chi connectivity index (χ4n) is 2.23. The SMILES string of the molecule is COCCCCN(Cc1ccccc1)C(=O)c1csc(C)n1. The summed E-state index contributed by atoms with van der Waals surface area (Å²) in [6.45, 7) is 3.97. The van der Waals surface area contributed by atoms with Gasteiger partial charge in [0.15, 0.2) is 0 Å². The molecule has 0 saturated heterocycles. The van der Waals surface area contributed by atoms with Crippen LogP contribution in [0.4, 0.5) is 0 Å². The van der Waals surface area contributed by atoms with Gasteiger partial charge in [-0.1, -0.05) is 30.3 Å². The number of benzene rings is 1. The number of hydrogen-bond acceptors (Lipinski definition) is 4. The summed E-state index contributed by atoms with van der Waals surface area (Å²) in [4.78, 5) is 18.9. The number of unbranched alkanes of at least 4 members (excludes halogenated alkanes) is 1. The molecule has 0 aliphatic carbocycles. The van der Waals surface area contributed by atoms with E-state index in [-0.39, 0.29) is 5.91 Å². The Hall–Kier alpha value is -1.72. The fourth-order valence-corrected chi connectivity index (χ4v) is 2.82. The Kier molecular flexibility index (Phi) is 6.55. The van der Waals surface area contributed by atoms with Crippen molar-refractivity contribution in [1.82, 2.24) is 9.88 Å². The van der Waals surface area contributed by atoms with Crippen LogP contribution >= 0.6 is 11.3 Å². The first-order valence-electron chi connectivity index (χ1n) is 7.45. The molecule has 0 aliphatic heterocycles. The van der Waals surface area contributed by atoms with Crippen molar-refractivity contribution < 1.29 is 9.53 Å². The minimum Gasteiger partial charge on any atom is -0.385 e. The van der Waals surface area contributed by atoms with E-state index < -0.39 is 0 Å². The molecular formula is C17H22N2O2S. The van der Waals surface area contributed by atoms with Gasteiger partial charge in [-0.05, 0) is 25.3 Å². The highest BCUT2D eigenvalue weighted by Gasteiger charge is 2.18. The zero-order chi connectivity index (χ0) is 15.8.